The lowest BCUT2D eigenvalue weighted by Gasteiger charge is -2.06. The van der Waals surface area contributed by atoms with Gasteiger partial charge in [-0.25, -0.2) is 0 Å². The first-order valence-corrected chi connectivity index (χ1v) is 6.45. The Morgan fingerprint density at radius 2 is 1.90 bits per heavy atom. The molecule has 1 unspecified atom stereocenters. The van der Waals surface area contributed by atoms with Crippen LogP contribution in [0.3, 0.4) is 0 Å². The van der Waals surface area contributed by atoms with Crippen LogP contribution in [0.5, 0.6) is 0 Å². The van der Waals surface area contributed by atoms with Crippen molar-refractivity contribution in [2.45, 2.75) is 43.9 Å². The largest absolute Gasteiger partial charge is 0.0891 e. The quantitative estimate of drug-likeness (QED) is 0.509. The summed E-state index contributed by atoms with van der Waals surface area (Å²) in [6.45, 7) is 2.25. The van der Waals surface area contributed by atoms with E-state index >= 15 is 0 Å². The molecule has 0 rings (SSSR count). The van der Waals surface area contributed by atoms with Gasteiger partial charge in [0.05, 0.1) is 0 Å². The highest BCUT2D eigenvalue weighted by Crippen LogP contribution is 2.15. The van der Waals surface area contributed by atoms with E-state index in [1.807, 2.05) is 0 Å². The van der Waals surface area contributed by atoms with Gasteiger partial charge in [0.15, 0.2) is 0 Å². The summed E-state index contributed by atoms with van der Waals surface area (Å²) in [6, 6.07) is 0. The molecule has 0 nitrogen and oxygen atoms in total. The van der Waals surface area contributed by atoms with Crippen molar-refractivity contribution in [3.05, 3.63) is 0 Å². The molecule has 0 bridgehead atoms. The number of hydrogen-bond donors (Lipinski definition) is 0. The van der Waals surface area contributed by atoms with Crippen molar-refractivity contribution in [2.75, 3.05) is 4.43 Å². The maximum Gasteiger partial charge on any atom is 0.0146 e. The van der Waals surface area contributed by atoms with E-state index in [-0.39, 0.29) is 0 Å². The number of unbranched alkanes of at least 4 members (excludes halogenated alkanes) is 1. The van der Waals surface area contributed by atoms with Crippen molar-refractivity contribution in [3.63, 3.8) is 0 Å². The molecule has 0 aromatic heterocycles. The molecule has 0 N–H and O–H groups in total. The predicted octanol–water partition coefficient (Wildman–Crippen LogP) is 4.16. The van der Waals surface area contributed by atoms with Crippen molar-refractivity contribution in [3.8, 4) is 0 Å². The van der Waals surface area contributed by atoms with Gasteiger partial charge in [0, 0.05) is 4.83 Å². The summed E-state index contributed by atoms with van der Waals surface area (Å²) < 4.78 is 1.30. The van der Waals surface area contributed by atoms with E-state index in [2.05, 4.69) is 45.4 Å². The standard InChI is InChI=1S/C8H16BrI/c1-2-3-5-8(9)6-4-7-10/h8H,2-7H2,1H3. The van der Waals surface area contributed by atoms with E-state index < -0.39 is 0 Å². The first kappa shape index (κ1) is 11.2. The first-order chi connectivity index (χ1) is 4.81. The molecule has 0 saturated heterocycles. The Kier molecular flexibility index (Phi) is 9.31. The van der Waals surface area contributed by atoms with Crippen LogP contribution in [0.25, 0.3) is 0 Å². The molecule has 0 aliphatic carbocycles. The molecule has 1 atom stereocenters. The third kappa shape index (κ3) is 7.32. The lowest BCUT2D eigenvalue weighted by molar-refractivity contribution is 0.651. The molecule has 0 aromatic rings. The average Bonchev–Trinajstić information content (AvgIpc) is 1.97. The molecule has 0 radical (unpaired) electrons. The van der Waals surface area contributed by atoms with Crippen LogP contribution in [-0.4, -0.2) is 9.25 Å². The molecule has 10 heavy (non-hydrogen) atoms. The van der Waals surface area contributed by atoms with E-state index in [0.717, 1.165) is 4.83 Å². The minimum absolute atomic E-state index is 0.780. The van der Waals surface area contributed by atoms with Gasteiger partial charge < -0.3 is 0 Å². The lowest BCUT2D eigenvalue weighted by Crippen LogP contribution is -1.97. The molecule has 0 heterocycles. The van der Waals surface area contributed by atoms with Gasteiger partial charge >= 0.3 is 0 Å². The topological polar surface area (TPSA) is 0 Å². The summed E-state index contributed by atoms with van der Waals surface area (Å²) in [5.74, 6) is 0. The molecule has 0 aromatic carbocycles. The van der Waals surface area contributed by atoms with E-state index in [9.17, 15) is 0 Å². The fourth-order valence-corrected chi connectivity index (χ4v) is 1.96. The minimum atomic E-state index is 0.780. The smallest absolute Gasteiger partial charge is 0.0146 e. The van der Waals surface area contributed by atoms with Crippen molar-refractivity contribution in [1.82, 2.24) is 0 Å². The Labute approximate surface area is 86.4 Å². The highest BCUT2D eigenvalue weighted by molar-refractivity contribution is 14.1. The maximum absolute atomic E-state index is 3.68. The van der Waals surface area contributed by atoms with Crippen LogP contribution < -0.4 is 0 Å². The summed E-state index contributed by atoms with van der Waals surface area (Å²) in [6.07, 6.45) is 6.76. The molecular formula is C8H16BrI. The Bertz CT molecular complexity index is 58.3. The van der Waals surface area contributed by atoms with Crippen LogP contribution in [0.4, 0.5) is 0 Å². The van der Waals surface area contributed by atoms with Crippen molar-refractivity contribution in [1.29, 1.82) is 0 Å². The summed E-state index contributed by atoms with van der Waals surface area (Å²) in [5.41, 5.74) is 0. The Morgan fingerprint density at radius 1 is 1.30 bits per heavy atom. The van der Waals surface area contributed by atoms with Gasteiger partial charge in [-0.05, 0) is 23.7 Å². The number of halogens is 2. The lowest BCUT2D eigenvalue weighted by atomic mass is 10.1. The monoisotopic (exact) mass is 318 g/mol. The van der Waals surface area contributed by atoms with Crippen molar-refractivity contribution < 1.29 is 0 Å². The maximum atomic E-state index is 3.68. The third-order valence-electron chi connectivity index (χ3n) is 1.52. The zero-order chi connectivity index (χ0) is 7.82. The summed E-state index contributed by atoms with van der Waals surface area (Å²) in [7, 11) is 0. The van der Waals surface area contributed by atoms with Crippen LogP contribution in [0.15, 0.2) is 0 Å². The molecule has 0 aliphatic heterocycles. The molecule has 0 fully saturated rings. The average molecular weight is 319 g/mol. The van der Waals surface area contributed by atoms with Gasteiger partial charge in [-0.1, -0.05) is 58.3 Å². The number of hydrogen-bond acceptors (Lipinski definition) is 0. The molecule has 0 saturated carbocycles. The molecule has 0 aliphatic rings. The van der Waals surface area contributed by atoms with Crippen LogP contribution in [0.2, 0.25) is 0 Å². The van der Waals surface area contributed by atoms with Gasteiger partial charge in [-0.15, -0.1) is 0 Å². The number of rotatable bonds is 6. The fourth-order valence-electron chi connectivity index (χ4n) is 0.869. The first-order valence-electron chi connectivity index (χ1n) is 4.01. The molecular weight excluding hydrogens is 303 g/mol. The van der Waals surface area contributed by atoms with Crippen molar-refractivity contribution in [2.24, 2.45) is 0 Å². The van der Waals surface area contributed by atoms with E-state index in [4.69, 9.17) is 0 Å². The van der Waals surface area contributed by atoms with Crippen LogP contribution in [0, 0.1) is 0 Å². The van der Waals surface area contributed by atoms with Crippen molar-refractivity contribution >= 4 is 38.5 Å². The second-order valence-corrected chi connectivity index (χ2v) is 4.94. The van der Waals surface area contributed by atoms with Gasteiger partial charge in [0.2, 0.25) is 0 Å². The van der Waals surface area contributed by atoms with Crippen LogP contribution >= 0.6 is 38.5 Å². The minimum Gasteiger partial charge on any atom is -0.0891 e. The summed E-state index contributed by atoms with van der Waals surface area (Å²) >= 11 is 6.11. The van der Waals surface area contributed by atoms with Gasteiger partial charge in [-0.2, -0.15) is 0 Å². The predicted molar refractivity (Wildman–Crippen MR) is 60.4 cm³/mol. The SMILES string of the molecule is CCCCC(Br)CCCI. The van der Waals surface area contributed by atoms with E-state index in [0.29, 0.717) is 0 Å². The number of alkyl halides is 2. The van der Waals surface area contributed by atoms with Gasteiger partial charge in [0.25, 0.3) is 0 Å². The zero-order valence-electron chi connectivity index (χ0n) is 6.58. The van der Waals surface area contributed by atoms with E-state index in [1.54, 1.807) is 0 Å². The molecule has 0 amide bonds. The van der Waals surface area contributed by atoms with E-state index in [1.165, 1.54) is 36.5 Å². The summed E-state index contributed by atoms with van der Waals surface area (Å²) in [4.78, 5) is 0.780. The third-order valence-corrected chi connectivity index (χ3v) is 3.20. The fraction of sp³-hybridized carbons (Fsp3) is 1.00. The summed E-state index contributed by atoms with van der Waals surface area (Å²) in [5, 5.41) is 0. The van der Waals surface area contributed by atoms with Crippen LogP contribution in [0.1, 0.15) is 39.0 Å². The Hall–Kier alpha value is 1.21. The second kappa shape index (κ2) is 8.31. The van der Waals surface area contributed by atoms with Crippen LogP contribution in [-0.2, 0) is 0 Å². The highest BCUT2D eigenvalue weighted by atomic mass is 127. The second-order valence-electron chi connectivity index (χ2n) is 2.57. The Morgan fingerprint density at radius 3 is 2.40 bits per heavy atom. The molecule has 2 heteroatoms. The normalized spacial score (nSPS) is 13.5. The Balaban J connectivity index is 3.00. The highest BCUT2D eigenvalue weighted by Gasteiger charge is 2.01. The van der Waals surface area contributed by atoms with Gasteiger partial charge in [-0.3, -0.25) is 0 Å². The van der Waals surface area contributed by atoms with Gasteiger partial charge in [0.1, 0.15) is 0 Å². The molecule has 62 valence electrons. The zero-order valence-corrected chi connectivity index (χ0v) is 10.3. The molecule has 0 spiro atoms.